The Morgan fingerprint density at radius 1 is 0.733 bits per heavy atom. The number of fused-ring (bicyclic) bond motifs is 17. The molecule has 2 aromatic carbocycles. The average Bonchev–Trinajstić information content (AvgIpc) is 3.59. The third kappa shape index (κ3) is 1.90. The maximum absolute atomic E-state index is 13.2. The van der Waals surface area contributed by atoms with Crippen LogP contribution >= 0.6 is 0 Å². The van der Waals surface area contributed by atoms with Crippen molar-refractivity contribution in [3.8, 4) is 0 Å². The van der Waals surface area contributed by atoms with E-state index in [9.17, 15) is 4.79 Å². The van der Waals surface area contributed by atoms with Gasteiger partial charge in [0.15, 0.2) is 0 Å². The maximum Gasteiger partial charge on any atom is 0.339 e. The molecule has 0 radical (unpaired) electrons. The van der Waals surface area contributed by atoms with Gasteiger partial charge in [0.1, 0.15) is 6.10 Å². The lowest BCUT2D eigenvalue weighted by Crippen LogP contribution is -2.44. The molecular weight excluding hydrogens is 368 g/mol. The molecule has 0 heterocycles. The molecule has 0 spiro atoms. The minimum absolute atomic E-state index is 0.107. The van der Waals surface area contributed by atoms with Gasteiger partial charge in [-0.15, -0.1) is 0 Å². The molecule has 0 aliphatic heterocycles. The fourth-order valence-corrected chi connectivity index (χ4v) is 9.93. The summed E-state index contributed by atoms with van der Waals surface area (Å²) in [5.74, 6) is 8.74. The van der Waals surface area contributed by atoms with E-state index in [1.165, 1.54) is 19.3 Å². The molecule has 6 aliphatic rings. The Morgan fingerprint density at radius 2 is 1.50 bits per heavy atom. The Morgan fingerprint density at radius 3 is 2.37 bits per heavy atom. The number of hydrogen-bond acceptors (Lipinski definition) is 2. The normalized spacial score (nSPS) is 48.5. The van der Waals surface area contributed by atoms with Crippen LogP contribution in [-0.2, 0) is 4.74 Å². The van der Waals surface area contributed by atoms with Crippen LogP contribution in [0, 0.1) is 59.2 Å². The fraction of sp³-hybridized carbons (Fsp3) is 0.536. The van der Waals surface area contributed by atoms with Gasteiger partial charge in [0.05, 0.1) is 5.56 Å². The second-order valence-corrected chi connectivity index (χ2v) is 11.2. The number of benzene rings is 2. The van der Waals surface area contributed by atoms with Crippen molar-refractivity contribution in [2.45, 2.75) is 31.8 Å². The van der Waals surface area contributed by atoms with E-state index in [0.717, 1.165) is 76.0 Å². The van der Waals surface area contributed by atoms with Crippen LogP contribution in [-0.4, -0.2) is 12.1 Å². The highest BCUT2D eigenvalue weighted by molar-refractivity contribution is 6.04. The first kappa shape index (κ1) is 16.6. The van der Waals surface area contributed by atoms with Crippen molar-refractivity contribution in [1.29, 1.82) is 0 Å². The SMILES string of the molecule is O=C(OC1CC2CC1C1C3CC(C4C5C=CC(C5)C34)C21)c1cccc2ccccc12. The van der Waals surface area contributed by atoms with Crippen molar-refractivity contribution in [3.05, 3.63) is 60.2 Å². The van der Waals surface area contributed by atoms with Crippen LogP contribution in [0.25, 0.3) is 10.8 Å². The van der Waals surface area contributed by atoms with Gasteiger partial charge < -0.3 is 4.74 Å². The third-order valence-electron chi connectivity index (χ3n) is 10.4. The first-order valence-corrected chi connectivity index (χ1v) is 12.1. The molecule has 11 unspecified atom stereocenters. The van der Waals surface area contributed by atoms with Gasteiger partial charge in [0.2, 0.25) is 0 Å². The van der Waals surface area contributed by atoms with E-state index in [2.05, 4.69) is 24.3 Å². The molecule has 0 amide bonds. The molecule has 6 aliphatic carbocycles. The number of hydrogen-bond donors (Lipinski definition) is 0. The molecule has 2 nitrogen and oxygen atoms in total. The van der Waals surface area contributed by atoms with Crippen molar-refractivity contribution in [2.75, 3.05) is 0 Å². The zero-order valence-electron chi connectivity index (χ0n) is 17.2. The summed E-state index contributed by atoms with van der Waals surface area (Å²) in [6.07, 6.45) is 10.6. The molecule has 30 heavy (non-hydrogen) atoms. The number of ether oxygens (including phenoxy) is 1. The highest BCUT2D eigenvalue weighted by Crippen LogP contribution is 2.75. The lowest BCUT2D eigenvalue weighted by Gasteiger charge is -2.45. The standard InChI is InChI=1S/C28H28O2/c29-28(19-7-3-5-14-4-1-2-6-18(14)19)30-23-12-17-11-20(23)27-22-13-21(26(17)27)24-15-8-9-16(10-15)25(22)24/h1-9,15-17,20-27H,10-13H2. The summed E-state index contributed by atoms with van der Waals surface area (Å²) in [5.41, 5.74) is 0.735. The molecule has 6 bridgehead atoms. The summed E-state index contributed by atoms with van der Waals surface area (Å²) in [4.78, 5) is 13.2. The fourth-order valence-electron chi connectivity index (χ4n) is 9.93. The number of carbonyl (C=O) groups excluding carboxylic acids is 1. The Bertz CT molecular complexity index is 1100. The smallest absolute Gasteiger partial charge is 0.339 e. The Balaban J connectivity index is 1.08. The van der Waals surface area contributed by atoms with Crippen LogP contribution < -0.4 is 0 Å². The van der Waals surface area contributed by atoms with Crippen molar-refractivity contribution < 1.29 is 9.53 Å². The summed E-state index contributed by atoms with van der Waals surface area (Å²) >= 11 is 0. The lowest BCUT2D eigenvalue weighted by atomic mass is 9.60. The van der Waals surface area contributed by atoms with E-state index >= 15 is 0 Å². The van der Waals surface area contributed by atoms with Gasteiger partial charge >= 0.3 is 5.97 Å². The molecule has 0 saturated heterocycles. The molecular formula is C28H28O2. The Hall–Kier alpha value is -2.09. The van der Waals surface area contributed by atoms with Crippen LogP contribution in [0.5, 0.6) is 0 Å². The van der Waals surface area contributed by atoms with E-state index in [0.29, 0.717) is 5.92 Å². The lowest BCUT2D eigenvalue weighted by molar-refractivity contribution is -0.0304. The first-order chi connectivity index (χ1) is 14.8. The van der Waals surface area contributed by atoms with Gasteiger partial charge in [0, 0.05) is 0 Å². The highest BCUT2D eigenvalue weighted by atomic mass is 16.5. The van der Waals surface area contributed by atoms with Crippen LogP contribution in [0.2, 0.25) is 0 Å². The predicted octanol–water partition coefficient (Wildman–Crippen LogP) is 5.73. The molecule has 152 valence electrons. The largest absolute Gasteiger partial charge is 0.458 e. The molecule has 2 aromatic rings. The zero-order valence-corrected chi connectivity index (χ0v) is 17.2. The van der Waals surface area contributed by atoms with E-state index in [1.807, 2.05) is 30.3 Å². The zero-order chi connectivity index (χ0) is 19.6. The highest BCUT2D eigenvalue weighted by Gasteiger charge is 2.71. The van der Waals surface area contributed by atoms with Gasteiger partial charge in [-0.3, -0.25) is 0 Å². The van der Waals surface area contributed by atoms with Crippen LogP contribution in [0.15, 0.2) is 54.6 Å². The molecule has 0 aromatic heterocycles. The summed E-state index contributed by atoms with van der Waals surface area (Å²) in [6.45, 7) is 0. The Labute approximate surface area is 177 Å². The first-order valence-electron chi connectivity index (χ1n) is 12.1. The topological polar surface area (TPSA) is 26.3 Å². The minimum Gasteiger partial charge on any atom is -0.458 e. The van der Waals surface area contributed by atoms with E-state index in [-0.39, 0.29) is 12.1 Å². The molecule has 5 fully saturated rings. The number of esters is 1. The van der Waals surface area contributed by atoms with Crippen LogP contribution in [0.3, 0.4) is 0 Å². The maximum atomic E-state index is 13.2. The molecule has 11 atom stereocenters. The van der Waals surface area contributed by atoms with Gasteiger partial charge in [-0.2, -0.15) is 0 Å². The van der Waals surface area contributed by atoms with Crippen molar-refractivity contribution in [3.63, 3.8) is 0 Å². The molecule has 2 heteroatoms. The van der Waals surface area contributed by atoms with Crippen LogP contribution in [0.4, 0.5) is 0 Å². The summed E-state index contributed by atoms with van der Waals surface area (Å²) in [5, 5.41) is 2.13. The second kappa shape index (κ2) is 5.58. The van der Waals surface area contributed by atoms with E-state index < -0.39 is 0 Å². The van der Waals surface area contributed by atoms with E-state index in [1.54, 1.807) is 0 Å². The van der Waals surface area contributed by atoms with Crippen molar-refractivity contribution in [1.82, 2.24) is 0 Å². The minimum atomic E-state index is -0.107. The van der Waals surface area contributed by atoms with Gasteiger partial charge in [-0.1, -0.05) is 48.6 Å². The quantitative estimate of drug-likeness (QED) is 0.368. The number of allylic oxidation sites excluding steroid dienone is 2. The van der Waals surface area contributed by atoms with Crippen molar-refractivity contribution in [2.24, 2.45) is 59.2 Å². The average molecular weight is 397 g/mol. The van der Waals surface area contributed by atoms with E-state index in [4.69, 9.17) is 4.74 Å². The monoisotopic (exact) mass is 396 g/mol. The van der Waals surface area contributed by atoms with Crippen molar-refractivity contribution >= 4 is 16.7 Å². The number of rotatable bonds is 2. The third-order valence-corrected chi connectivity index (χ3v) is 10.4. The Kier molecular flexibility index (Phi) is 3.08. The predicted molar refractivity (Wildman–Crippen MR) is 116 cm³/mol. The number of carbonyl (C=O) groups is 1. The molecule has 5 saturated carbocycles. The summed E-state index contributed by atoms with van der Waals surface area (Å²) in [7, 11) is 0. The molecule has 0 N–H and O–H groups in total. The van der Waals surface area contributed by atoms with Gasteiger partial charge in [-0.25, -0.2) is 4.79 Å². The second-order valence-electron chi connectivity index (χ2n) is 11.2. The van der Waals surface area contributed by atoms with Gasteiger partial charge in [-0.05, 0) is 102 Å². The summed E-state index contributed by atoms with van der Waals surface area (Å²) < 4.78 is 6.28. The van der Waals surface area contributed by atoms with Gasteiger partial charge in [0.25, 0.3) is 0 Å². The summed E-state index contributed by atoms with van der Waals surface area (Å²) in [6, 6.07) is 14.1. The molecule has 8 rings (SSSR count). The van der Waals surface area contributed by atoms with Crippen LogP contribution in [0.1, 0.15) is 36.0 Å².